The standard InChI is InChI=1S/C28H23ClN4O5/c29-21-4-2-1-3-18(21)14-30-28(36)33-23(16-5-6-16)13-22(32-33)20-12-19(8-9-24(20)34)31-27(35)17-7-10-25-26(11-17)38-15-37-25/h1-4,7-13,16,34H,5-6,14-15H2,(H,30,36)(H,31,35). The Hall–Kier alpha value is -4.50. The fourth-order valence-electron chi connectivity index (χ4n) is 4.31. The number of carbonyl (C=O) groups is 2. The summed E-state index contributed by atoms with van der Waals surface area (Å²) in [7, 11) is 0. The SMILES string of the molecule is O=C(Nc1ccc(O)c(-c2cc(C3CC3)n(C(=O)NCc3ccccc3Cl)n2)c1)c1ccc2c(c1)OCO2. The summed E-state index contributed by atoms with van der Waals surface area (Å²) in [6, 6.07) is 18.4. The third-order valence-electron chi connectivity index (χ3n) is 6.48. The van der Waals surface area contributed by atoms with Gasteiger partial charge in [-0.25, -0.2) is 4.79 Å². The summed E-state index contributed by atoms with van der Waals surface area (Å²) < 4.78 is 12.0. The second-order valence-electron chi connectivity index (χ2n) is 9.14. The van der Waals surface area contributed by atoms with Gasteiger partial charge in [0.05, 0.1) is 11.4 Å². The average Bonchev–Trinajstić information content (AvgIpc) is 3.49. The van der Waals surface area contributed by atoms with Gasteiger partial charge in [0.15, 0.2) is 11.5 Å². The topological polar surface area (TPSA) is 115 Å². The summed E-state index contributed by atoms with van der Waals surface area (Å²) in [5.41, 5.74) is 3.26. The van der Waals surface area contributed by atoms with E-state index in [0.717, 1.165) is 24.1 Å². The first-order chi connectivity index (χ1) is 18.5. The van der Waals surface area contributed by atoms with E-state index >= 15 is 0 Å². The van der Waals surface area contributed by atoms with Crippen LogP contribution in [0.5, 0.6) is 17.2 Å². The van der Waals surface area contributed by atoms with Crippen molar-refractivity contribution in [2.75, 3.05) is 12.1 Å². The lowest BCUT2D eigenvalue weighted by atomic mass is 10.1. The predicted octanol–water partition coefficient (Wildman–Crippen LogP) is 5.53. The summed E-state index contributed by atoms with van der Waals surface area (Å²) in [5.74, 6) is 0.956. The van der Waals surface area contributed by atoms with Gasteiger partial charge in [-0.05, 0) is 66.9 Å². The number of rotatable bonds is 6. The molecule has 0 radical (unpaired) electrons. The molecule has 0 saturated heterocycles. The molecule has 10 heteroatoms. The van der Waals surface area contributed by atoms with Crippen molar-refractivity contribution in [1.29, 1.82) is 0 Å². The molecule has 1 aromatic heterocycles. The van der Waals surface area contributed by atoms with Crippen LogP contribution in [0.1, 0.15) is 40.4 Å². The fourth-order valence-corrected chi connectivity index (χ4v) is 4.51. The number of hydrogen-bond donors (Lipinski definition) is 3. The quantitative estimate of drug-likeness (QED) is 0.283. The molecule has 2 heterocycles. The zero-order valence-corrected chi connectivity index (χ0v) is 20.9. The van der Waals surface area contributed by atoms with Crippen LogP contribution in [0, 0.1) is 0 Å². The molecule has 192 valence electrons. The van der Waals surface area contributed by atoms with Crippen molar-refractivity contribution in [3.8, 4) is 28.5 Å². The number of halogens is 1. The van der Waals surface area contributed by atoms with E-state index in [9.17, 15) is 14.7 Å². The molecule has 0 unspecified atom stereocenters. The lowest BCUT2D eigenvalue weighted by Crippen LogP contribution is -2.30. The number of anilines is 1. The van der Waals surface area contributed by atoms with Gasteiger partial charge in [-0.15, -0.1) is 0 Å². The minimum Gasteiger partial charge on any atom is -0.507 e. The normalized spacial score (nSPS) is 13.8. The summed E-state index contributed by atoms with van der Waals surface area (Å²) in [4.78, 5) is 25.9. The van der Waals surface area contributed by atoms with E-state index < -0.39 is 0 Å². The van der Waals surface area contributed by atoms with Crippen molar-refractivity contribution in [2.24, 2.45) is 0 Å². The number of carbonyl (C=O) groups excluding carboxylic acids is 2. The van der Waals surface area contributed by atoms with Gasteiger partial charge in [0.25, 0.3) is 5.91 Å². The van der Waals surface area contributed by atoms with E-state index in [0.29, 0.717) is 39.0 Å². The van der Waals surface area contributed by atoms with Gasteiger partial charge >= 0.3 is 6.03 Å². The molecular weight excluding hydrogens is 508 g/mol. The molecule has 1 aliphatic carbocycles. The number of nitrogens with one attached hydrogen (secondary N) is 2. The maximum absolute atomic E-state index is 13.1. The van der Waals surface area contributed by atoms with Crippen LogP contribution in [0.2, 0.25) is 5.02 Å². The Kier molecular flexibility index (Phi) is 6.13. The van der Waals surface area contributed by atoms with Crippen LogP contribution in [-0.4, -0.2) is 33.6 Å². The number of aromatic nitrogens is 2. The lowest BCUT2D eigenvalue weighted by molar-refractivity contribution is 0.102. The Morgan fingerprint density at radius 3 is 2.66 bits per heavy atom. The third kappa shape index (κ3) is 4.76. The van der Waals surface area contributed by atoms with E-state index in [1.807, 2.05) is 24.3 Å². The van der Waals surface area contributed by atoms with Crippen molar-refractivity contribution >= 4 is 29.2 Å². The fraction of sp³-hybridized carbons (Fsp3) is 0.179. The van der Waals surface area contributed by atoms with Crippen molar-refractivity contribution in [3.63, 3.8) is 0 Å². The number of ether oxygens (including phenoxy) is 2. The molecule has 3 N–H and O–H groups in total. The van der Waals surface area contributed by atoms with Gasteiger partial charge in [-0.3, -0.25) is 4.79 Å². The molecule has 9 nitrogen and oxygen atoms in total. The number of fused-ring (bicyclic) bond motifs is 1. The molecule has 0 bridgehead atoms. The Labute approximate surface area is 223 Å². The maximum atomic E-state index is 13.1. The minimum absolute atomic E-state index is 0.0189. The first-order valence-corrected chi connectivity index (χ1v) is 12.5. The Balaban J connectivity index is 1.24. The highest BCUT2D eigenvalue weighted by Crippen LogP contribution is 2.42. The highest BCUT2D eigenvalue weighted by atomic mass is 35.5. The summed E-state index contributed by atoms with van der Waals surface area (Å²) in [6.07, 6.45) is 1.92. The number of aromatic hydroxyl groups is 1. The van der Waals surface area contributed by atoms with E-state index in [1.165, 1.54) is 10.7 Å². The first kappa shape index (κ1) is 23.9. The molecule has 1 fully saturated rings. The summed E-state index contributed by atoms with van der Waals surface area (Å²) >= 11 is 6.22. The zero-order chi connectivity index (χ0) is 26.2. The van der Waals surface area contributed by atoms with E-state index in [1.54, 1.807) is 36.4 Å². The molecule has 3 aromatic carbocycles. The van der Waals surface area contributed by atoms with Crippen LogP contribution in [-0.2, 0) is 6.54 Å². The molecule has 0 spiro atoms. The number of hydrogen-bond acceptors (Lipinski definition) is 6. The van der Waals surface area contributed by atoms with Gasteiger partial charge < -0.3 is 25.2 Å². The van der Waals surface area contributed by atoms with Gasteiger partial charge in [-0.1, -0.05) is 29.8 Å². The monoisotopic (exact) mass is 530 g/mol. The van der Waals surface area contributed by atoms with Crippen molar-refractivity contribution < 1.29 is 24.2 Å². The highest BCUT2D eigenvalue weighted by Gasteiger charge is 2.31. The molecule has 0 atom stereocenters. The van der Waals surface area contributed by atoms with E-state index in [-0.39, 0.29) is 36.9 Å². The molecule has 2 amide bonds. The minimum atomic E-state index is -0.384. The second-order valence-corrected chi connectivity index (χ2v) is 9.55. The first-order valence-electron chi connectivity index (χ1n) is 12.1. The average molecular weight is 531 g/mol. The molecule has 6 rings (SSSR count). The van der Waals surface area contributed by atoms with Crippen molar-refractivity contribution in [1.82, 2.24) is 15.1 Å². The smallest absolute Gasteiger partial charge is 0.342 e. The van der Waals surface area contributed by atoms with Crippen LogP contribution in [0.25, 0.3) is 11.3 Å². The van der Waals surface area contributed by atoms with Crippen molar-refractivity contribution in [2.45, 2.75) is 25.3 Å². The molecule has 1 saturated carbocycles. The number of benzene rings is 3. The van der Waals surface area contributed by atoms with Crippen LogP contribution >= 0.6 is 11.6 Å². The van der Waals surface area contributed by atoms with Gasteiger partial charge in [-0.2, -0.15) is 9.78 Å². The second kappa shape index (κ2) is 9.75. The Bertz CT molecular complexity index is 1560. The third-order valence-corrected chi connectivity index (χ3v) is 6.85. The Morgan fingerprint density at radius 2 is 1.84 bits per heavy atom. The molecule has 2 aliphatic rings. The molecular formula is C28H23ClN4O5. The maximum Gasteiger partial charge on any atom is 0.342 e. The number of amides is 2. The summed E-state index contributed by atoms with van der Waals surface area (Å²) in [6.45, 7) is 0.375. The van der Waals surface area contributed by atoms with E-state index in [2.05, 4.69) is 15.7 Å². The highest BCUT2D eigenvalue weighted by molar-refractivity contribution is 6.31. The number of nitrogens with zero attached hydrogens (tertiary/aromatic N) is 2. The van der Waals surface area contributed by atoms with Gasteiger partial charge in [0.2, 0.25) is 6.79 Å². The Morgan fingerprint density at radius 1 is 1.03 bits per heavy atom. The number of phenolic OH excluding ortho intramolecular Hbond substituents is 1. The van der Waals surface area contributed by atoms with Crippen LogP contribution in [0.3, 0.4) is 0 Å². The van der Waals surface area contributed by atoms with E-state index in [4.69, 9.17) is 21.1 Å². The molecule has 38 heavy (non-hydrogen) atoms. The van der Waals surface area contributed by atoms with Crippen LogP contribution in [0.15, 0.2) is 66.7 Å². The predicted molar refractivity (Wildman–Crippen MR) is 141 cm³/mol. The molecule has 1 aliphatic heterocycles. The van der Waals surface area contributed by atoms with Crippen LogP contribution < -0.4 is 20.1 Å². The van der Waals surface area contributed by atoms with Crippen molar-refractivity contribution in [3.05, 3.63) is 88.6 Å². The number of phenols is 1. The zero-order valence-electron chi connectivity index (χ0n) is 20.1. The summed E-state index contributed by atoms with van der Waals surface area (Å²) in [5, 5.41) is 21.4. The van der Waals surface area contributed by atoms with Crippen LogP contribution in [0.4, 0.5) is 10.5 Å². The molecule has 4 aromatic rings. The van der Waals surface area contributed by atoms with Gasteiger partial charge in [0, 0.05) is 34.3 Å². The lowest BCUT2D eigenvalue weighted by Gasteiger charge is -2.09. The largest absolute Gasteiger partial charge is 0.507 e. The van der Waals surface area contributed by atoms with Gasteiger partial charge in [0.1, 0.15) is 5.75 Å².